The molecule has 5 heteroatoms. The van der Waals surface area contributed by atoms with Gasteiger partial charge in [-0.15, -0.1) is 0 Å². The van der Waals surface area contributed by atoms with Crippen molar-refractivity contribution >= 4 is 17.6 Å². The minimum absolute atomic E-state index is 0.187. The number of benzene rings is 1. The molecule has 0 spiro atoms. The predicted molar refractivity (Wildman–Crippen MR) is 79.2 cm³/mol. The number of ether oxygens (including phenoxy) is 1. The average Bonchev–Trinajstić information content (AvgIpc) is 2.47. The van der Waals surface area contributed by atoms with Crippen molar-refractivity contribution in [3.8, 4) is 0 Å². The third kappa shape index (κ3) is 4.14. The Balaban J connectivity index is 2.11. The number of hydrogen-bond acceptors (Lipinski definition) is 4. The molecule has 0 saturated heterocycles. The number of nitrogens with one attached hydrogen (secondary N) is 1. The second-order valence-electron chi connectivity index (χ2n) is 4.72. The number of carbonyl (C=O) groups is 2. The Bertz CT molecular complexity index is 639. The van der Waals surface area contributed by atoms with Gasteiger partial charge in [-0.25, -0.2) is 4.79 Å². The summed E-state index contributed by atoms with van der Waals surface area (Å²) in [6, 6.07) is 9.87. The second-order valence-corrected chi connectivity index (χ2v) is 4.72. The van der Waals surface area contributed by atoms with E-state index in [-0.39, 0.29) is 12.0 Å². The molecule has 5 nitrogen and oxygen atoms in total. The first-order chi connectivity index (χ1) is 10.1. The molecule has 1 amide bonds. The number of amides is 1. The summed E-state index contributed by atoms with van der Waals surface area (Å²) < 4.78 is 5.12. The highest BCUT2D eigenvalue weighted by Crippen LogP contribution is 2.13. The van der Waals surface area contributed by atoms with Crippen molar-refractivity contribution in [2.45, 2.75) is 20.0 Å². The minimum Gasteiger partial charge on any atom is -0.459 e. The fraction of sp³-hybridized carbons (Fsp3) is 0.188. The quantitative estimate of drug-likeness (QED) is 0.876. The van der Waals surface area contributed by atoms with Gasteiger partial charge in [0.2, 0.25) is 0 Å². The van der Waals surface area contributed by atoms with Crippen molar-refractivity contribution in [2.75, 3.05) is 5.32 Å². The van der Waals surface area contributed by atoms with E-state index < -0.39 is 5.97 Å². The molecule has 0 aliphatic carbocycles. The van der Waals surface area contributed by atoms with E-state index >= 15 is 0 Å². The first kappa shape index (κ1) is 14.7. The van der Waals surface area contributed by atoms with Crippen LogP contribution in [0, 0.1) is 0 Å². The van der Waals surface area contributed by atoms with Gasteiger partial charge in [0.05, 0.1) is 11.7 Å². The van der Waals surface area contributed by atoms with Crippen LogP contribution in [0.2, 0.25) is 0 Å². The zero-order valence-electron chi connectivity index (χ0n) is 11.9. The van der Waals surface area contributed by atoms with Crippen molar-refractivity contribution in [3.63, 3.8) is 0 Å². The first-order valence-electron chi connectivity index (χ1n) is 6.58. The van der Waals surface area contributed by atoms with E-state index in [4.69, 9.17) is 4.74 Å². The Kier molecular flexibility index (Phi) is 4.66. The van der Waals surface area contributed by atoms with Crippen LogP contribution in [-0.4, -0.2) is 23.0 Å². The summed E-state index contributed by atoms with van der Waals surface area (Å²) >= 11 is 0. The molecule has 0 bridgehead atoms. The number of nitrogens with zero attached hydrogens (tertiary/aromatic N) is 1. The lowest BCUT2D eigenvalue weighted by Gasteiger charge is -2.09. The predicted octanol–water partition coefficient (Wildman–Crippen LogP) is 2.90. The third-order valence-electron chi connectivity index (χ3n) is 2.64. The molecule has 2 aromatic rings. The summed E-state index contributed by atoms with van der Waals surface area (Å²) in [6.07, 6.45) is 2.91. The van der Waals surface area contributed by atoms with E-state index in [1.165, 1.54) is 0 Å². The second kappa shape index (κ2) is 6.65. The number of aromatic nitrogens is 1. The molecule has 0 fully saturated rings. The van der Waals surface area contributed by atoms with E-state index in [1.807, 2.05) is 0 Å². The van der Waals surface area contributed by atoms with Gasteiger partial charge in [-0.2, -0.15) is 0 Å². The van der Waals surface area contributed by atoms with Gasteiger partial charge in [0.1, 0.15) is 0 Å². The molecule has 0 saturated carbocycles. The largest absolute Gasteiger partial charge is 0.459 e. The summed E-state index contributed by atoms with van der Waals surface area (Å²) in [5.41, 5.74) is 1.44. The van der Waals surface area contributed by atoms with Gasteiger partial charge in [-0.3, -0.25) is 9.78 Å². The maximum Gasteiger partial charge on any atom is 0.338 e. The molecule has 0 radical (unpaired) electrons. The number of hydrogen-bond donors (Lipinski definition) is 1. The normalized spacial score (nSPS) is 10.2. The molecule has 0 unspecified atom stereocenters. The maximum atomic E-state index is 12.0. The van der Waals surface area contributed by atoms with Gasteiger partial charge in [-0.1, -0.05) is 6.07 Å². The lowest BCUT2D eigenvalue weighted by Crippen LogP contribution is -2.14. The van der Waals surface area contributed by atoms with Crippen molar-refractivity contribution in [3.05, 3.63) is 59.9 Å². The van der Waals surface area contributed by atoms with E-state index in [1.54, 1.807) is 62.6 Å². The van der Waals surface area contributed by atoms with Gasteiger partial charge < -0.3 is 10.1 Å². The lowest BCUT2D eigenvalue weighted by atomic mass is 10.2. The van der Waals surface area contributed by atoms with E-state index in [2.05, 4.69) is 10.3 Å². The summed E-state index contributed by atoms with van der Waals surface area (Å²) in [4.78, 5) is 27.7. The topological polar surface area (TPSA) is 68.3 Å². The van der Waals surface area contributed by atoms with Crippen LogP contribution in [0.5, 0.6) is 0 Å². The molecule has 108 valence electrons. The molecule has 0 atom stereocenters. The Morgan fingerprint density at radius 2 is 1.81 bits per heavy atom. The number of rotatable bonds is 4. The van der Waals surface area contributed by atoms with E-state index in [0.29, 0.717) is 16.8 Å². The Morgan fingerprint density at radius 1 is 1.10 bits per heavy atom. The lowest BCUT2D eigenvalue weighted by molar-refractivity contribution is 0.0378. The summed E-state index contributed by atoms with van der Waals surface area (Å²) in [7, 11) is 0. The third-order valence-corrected chi connectivity index (χ3v) is 2.64. The number of esters is 1. The molecule has 0 aliphatic rings. The van der Waals surface area contributed by atoms with Gasteiger partial charge in [0, 0.05) is 23.6 Å². The van der Waals surface area contributed by atoms with Crippen LogP contribution in [0.25, 0.3) is 0 Å². The molecule has 1 N–H and O–H groups in total. The molecular weight excluding hydrogens is 268 g/mol. The Morgan fingerprint density at radius 3 is 2.48 bits per heavy atom. The Labute approximate surface area is 123 Å². The molecule has 21 heavy (non-hydrogen) atoms. The standard InChI is InChI=1S/C16H16N2O3/c1-11(2)21-16(20)13-4-3-5-14(10-13)18-15(19)12-6-8-17-9-7-12/h3-11H,1-2H3,(H,18,19). The zero-order chi connectivity index (χ0) is 15.2. The monoisotopic (exact) mass is 284 g/mol. The van der Waals surface area contributed by atoms with Crippen LogP contribution < -0.4 is 5.32 Å². The minimum atomic E-state index is -0.412. The van der Waals surface area contributed by atoms with Crippen LogP contribution >= 0.6 is 0 Å². The van der Waals surface area contributed by atoms with Crippen LogP contribution in [0.15, 0.2) is 48.8 Å². The van der Waals surface area contributed by atoms with Gasteiger partial charge >= 0.3 is 5.97 Å². The van der Waals surface area contributed by atoms with Crippen LogP contribution in [0.4, 0.5) is 5.69 Å². The van der Waals surface area contributed by atoms with Crippen molar-refractivity contribution in [1.82, 2.24) is 4.98 Å². The molecule has 1 aromatic heterocycles. The number of anilines is 1. The fourth-order valence-electron chi connectivity index (χ4n) is 1.71. The number of pyridine rings is 1. The van der Waals surface area contributed by atoms with Crippen molar-refractivity contribution in [1.29, 1.82) is 0 Å². The van der Waals surface area contributed by atoms with E-state index in [0.717, 1.165) is 0 Å². The highest BCUT2D eigenvalue weighted by molar-refractivity contribution is 6.04. The van der Waals surface area contributed by atoms with Crippen LogP contribution in [0.1, 0.15) is 34.6 Å². The highest BCUT2D eigenvalue weighted by Gasteiger charge is 2.11. The molecule has 2 rings (SSSR count). The van der Waals surface area contributed by atoms with E-state index in [9.17, 15) is 9.59 Å². The summed E-state index contributed by atoms with van der Waals surface area (Å²) in [5.74, 6) is -0.670. The fourth-order valence-corrected chi connectivity index (χ4v) is 1.71. The van der Waals surface area contributed by atoms with Crippen molar-refractivity contribution in [2.24, 2.45) is 0 Å². The smallest absolute Gasteiger partial charge is 0.338 e. The number of carbonyl (C=O) groups excluding carboxylic acids is 2. The first-order valence-corrected chi connectivity index (χ1v) is 6.58. The van der Waals surface area contributed by atoms with Crippen LogP contribution in [0.3, 0.4) is 0 Å². The Hall–Kier alpha value is -2.69. The molecule has 0 aliphatic heterocycles. The SMILES string of the molecule is CC(C)OC(=O)c1cccc(NC(=O)c2ccncc2)c1. The molecular formula is C16H16N2O3. The van der Waals surface area contributed by atoms with Gasteiger partial charge in [0.25, 0.3) is 5.91 Å². The van der Waals surface area contributed by atoms with Crippen LogP contribution in [-0.2, 0) is 4.74 Å². The maximum absolute atomic E-state index is 12.0. The van der Waals surface area contributed by atoms with Gasteiger partial charge in [0.15, 0.2) is 0 Å². The zero-order valence-corrected chi connectivity index (χ0v) is 11.9. The molecule has 1 aromatic carbocycles. The summed E-state index contributed by atoms with van der Waals surface area (Å²) in [5, 5.41) is 2.73. The average molecular weight is 284 g/mol. The summed E-state index contributed by atoms with van der Waals surface area (Å²) in [6.45, 7) is 3.57. The van der Waals surface area contributed by atoms with Gasteiger partial charge in [-0.05, 0) is 44.2 Å². The molecule has 1 heterocycles. The van der Waals surface area contributed by atoms with Crippen molar-refractivity contribution < 1.29 is 14.3 Å². The highest BCUT2D eigenvalue weighted by atomic mass is 16.5.